The number of aliphatic hydroxyl groups is 1. The van der Waals surface area contributed by atoms with Crippen LogP contribution < -0.4 is 10.6 Å². The Morgan fingerprint density at radius 2 is 2.12 bits per heavy atom. The summed E-state index contributed by atoms with van der Waals surface area (Å²) in [6.07, 6.45) is 1.17. The summed E-state index contributed by atoms with van der Waals surface area (Å²) in [5, 5.41) is 15.7. The molecule has 1 heterocycles. The third-order valence-electron chi connectivity index (χ3n) is 2.45. The molecule has 0 aromatic carbocycles. The van der Waals surface area contributed by atoms with Crippen molar-refractivity contribution < 1.29 is 5.11 Å². The van der Waals surface area contributed by atoms with Crippen LogP contribution in [0.4, 0.5) is 11.8 Å². The maximum atomic E-state index is 9.62. The van der Waals surface area contributed by atoms with Crippen molar-refractivity contribution in [1.29, 1.82) is 0 Å². The van der Waals surface area contributed by atoms with E-state index in [1.54, 1.807) is 20.2 Å². The van der Waals surface area contributed by atoms with Gasteiger partial charge in [0.05, 0.1) is 16.1 Å². The highest BCUT2D eigenvalue weighted by molar-refractivity contribution is 9.10. The molecule has 90 valence electrons. The zero-order valence-electron chi connectivity index (χ0n) is 9.87. The second-order valence-corrected chi connectivity index (χ2v) is 5.02. The van der Waals surface area contributed by atoms with Gasteiger partial charge in [-0.25, -0.2) is 4.98 Å². The van der Waals surface area contributed by atoms with E-state index >= 15 is 0 Å². The maximum absolute atomic E-state index is 9.62. The van der Waals surface area contributed by atoms with Crippen molar-refractivity contribution in [2.75, 3.05) is 17.7 Å². The number of nitrogens with one attached hydrogen (secondary N) is 2. The van der Waals surface area contributed by atoms with Crippen LogP contribution >= 0.6 is 15.9 Å². The fraction of sp³-hybridized carbons (Fsp3) is 0.600. The van der Waals surface area contributed by atoms with Gasteiger partial charge in [-0.3, -0.25) is 0 Å². The Kier molecular flexibility index (Phi) is 4.09. The lowest BCUT2D eigenvalue weighted by molar-refractivity contribution is 0.133. The molecular formula is C10H17BrN4O. The molecule has 16 heavy (non-hydrogen) atoms. The quantitative estimate of drug-likeness (QED) is 0.789. The minimum Gasteiger partial charge on any atom is -0.391 e. The molecule has 0 saturated heterocycles. The molecule has 1 atom stereocenters. The van der Waals surface area contributed by atoms with Crippen LogP contribution in [0.25, 0.3) is 0 Å². The maximum Gasteiger partial charge on any atom is 0.224 e. The van der Waals surface area contributed by atoms with E-state index in [9.17, 15) is 5.11 Å². The van der Waals surface area contributed by atoms with Crippen molar-refractivity contribution in [1.82, 2.24) is 9.97 Å². The summed E-state index contributed by atoms with van der Waals surface area (Å²) in [5.74, 6) is 1.19. The third-order valence-corrected chi connectivity index (χ3v) is 3.03. The molecule has 1 unspecified atom stereocenters. The number of anilines is 2. The van der Waals surface area contributed by atoms with E-state index in [0.29, 0.717) is 11.8 Å². The van der Waals surface area contributed by atoms with Crippen molar-refractivity contribution in [3.05, 3.63) is 10.7 Å². The van der Waals surface area contributed by atoms with Crippen molar-refractivity contribution in [3.63, 3.8) is 0 Å². The number of hydrogen-bond acceptors (Lipinski definition) is 5. The van der Waals surface area contributed by atoms with Crippen LogP contribution in [-0.4, -0.2) is 33.8 Å². The van der Waals surface area contributed by atoms with E-state index in [4.69, 9.17) is 0 Å². The van der Waals surface area contributed by atoms with Crippen LogP contribution in [0.3, 0.4) is 0 Å². The normalized spacial score (nSPS) is 13.4. The molecule has 0 saturated carbocycles. The first kappa shape index (κ1) is 13.2. The summed E-state index contributed by atoms with van der Waals surface area (Å²) in [7, 11) is 1.76. The zero-order valence-corrected chi connectivity index (χ0v) is 11.5. The molecule has 0 fully saturated rings. The highest BCUT2D eigenvalue weighted by atomic mass is 79.9. The lowest BCUT2D eigenvalue weighted by Crippen LogP contribution is -2.42. The molecule has 0 bridgehead atoms. The van der Waals surface area contributed by atoms with Crippen LogP contribution in [0.1, 0.15) is 20.8 Å². The molecule has 0 amide bonds. The Labute approximate surface area is 104 Å². The van der Waals surface area contributed by atoms with Crippen molar-refractivity contribution in [3.8, 4) is 0 Å². The Morgan fingerprint density at radius 1 is 1.50 bits per heavy atom. The number of rotatable bonds is 4. The molecule has 0 aliphatic carbocycles. The fourth-order valence-electron chi connectivity index (χ4n) is 0.985. The summed E-state index contributed by atoms with van der Waals surface area (Å²) in [4.78, 5) is 8.33. The first-order chi connectivity index (χ1) is 7.36. The summed E-state index contributed by atoms with van der Waals surface area (Å²) < 4.78 is 0.764. The van der Waals surface area contributed by atoms with Gasteiger partial charge in [-0.1, -0.05) is 0 Å². The molecule has 0 radical (unpaired) electrons. The SMILES string of the molecule is CNc1ncc(Br)c(NC(C)(C)C(C)O)n1. The third kappa shape index (κ3) is 3.05. The van der Waals surface area contributed by atoms with Gasteiger partial charge < -0.3 is 15.7 Å². The second kappa shape index (κ2) is 4.97. The molecule has 5 nitrogen and oxygen atoms in total. The van der Waals surface area contributed by atoms with Gasteiger partial charge in [0.15, 0.2) is 0 Å². The van der Waals surface area contributed by atoms with Crippen molar-refractivity contribution >= 4 is 27.7 Å². The summed E-state index contributed by atoms with van der Waals surface area (Å²) in [6.45, 7) is 5.55. The Balaban J connectivity index is 2.96. The molecule has 1 rings (SSSR count). The molecule has 0 aliphatic rings. The Morgan fingerprint density at radius 3 is 2.62 bits per heavy atom. The van der Waals surface area contributed by atoms with Gasteiger partial charge in [0.1, 0.15) is 5.82 Å². The summed E-state index contributed by atoms with van der Waals surface area (Å²) in [6, 6.07) is 0. The zero-order chi connectivity index (χ0) is 12.3. The van der Waals surface area contributed by atoms with Crippen LogP contribution in [0.2, 0.25) is 0 Å². The van der Waals surface area contributed by atoms with Gasteiger partial charge in [0.25, 0.3) is 0 Å². The number of halogens is 1. The topological polar surface area (TPSA) is 70.1 Å². The van der Waals surface area contributed by atoms with Gasteiger partial charge in [0, 0.05) is 13.2 Å². The van der Waals surface area contributed by atoms with Crippen molar-refractivity contribution in [2.24, 2.45) is 0 Å². The molecule has 0 aliphatic heterocycles. The standard InChI is InChI=1S/C10H17BrN4O/c1-6(16)10(2,3)15-8-7(11)5-13-9(12-4)14-8/h5-6,16H,1-4H3,(H2,12,13,14,15). The van der Waals surface area contributed by atoms with E-state index < -0.39 is 11.6 Å². The van der Waals surface area contributed by atoms with Gasteiger partial charge >= 0.3 is 0 Å². The van der Waals surface area contributed by atoms with Crippen LogP contribution in [0.5, 0.6) is 0 Å². The first-order valence-electron chi connectivity index (χ1n) is 5.03. The van der Waals surface area contributed by atoms with Crippen LogP contribution in [0, 0.1) is 0 Å². The molecule has 0 spiro atoms. The highest BCUT2D eigenvalue weighted by Crippen LogP contribution is 2.24. The minimum atomic E-state index is -0.493. The van der Waals surface area contributed by atoms with E-state index in [2.05, 4.69) is 36.5 Å². The monoisotopic (exact) mass is 288 g/mol. The number of aliphatic hydroxyl groups excluding tert-OH is 1. The summed E-state index contributed by atoms with van der Waals surface area (Å²) in [5.41, 5.74) is -0.456. The van der Waals surface area contributed by atoms with E-state index in [1.165, 1.54) is 0 Å². The highest BCUT2D eigenvalue weighted by Gasteiger charge is 2.25. The number of hydrogen-bond donors (Lipinski definition) is 3. The minimum absolute atomic E-state index is 0.456. The molecular weight excluding hydrogens is 272 g/mol. The van der Waals surface area contributed by atoms with E-state index in [0.717, 1.165) is 4.47 Å². The largest absolute Gasteiger partial charge is 0.391 e. The molecule has 1 aromatic rings. The van der Waals surface area contributed by atoms with Gasteiger partial charge in [0.2, 0.25) is 5.95 Å². The fourth-order valence-corrected chi connectivity index (χ4v) is 1.28. The predicted octanol–water partition coefficient (Wildman–Crippen LogP) is 1.85. The van der Waals surface area contributed by atoms with Gasteiger partial charge in [-0.2, -0.15) is 4.98 Å². The van der Waals surface area contributed by atoms with E-state index in [1.807, 2.05) is 13.8 Å². The number of aromatic nitrogens is 2. The number of nitrogens with zero attached hydrogens (tertiary/aromatic N) is 2. The summed E-state index contributed by atoms with van der Waals surface area (Å²) >= 11 is 3.36. The average molecular weight is 289 g/mol. The lowest BCUT2D eigenvalue weighted by atomic mass is 9.99. The molecule has 1 aromatic heterocycles. The lowest BCUT2D eigenvalue weighted by Gasteiger charge is -2.30. The smallest absolute Gasteiger partial charge is 0.224 e. The van der Waals surface area contributed by atoms with Crippen LogP contribution in [-0.2, 0) is 0 Å². The Bertz CT molecular complexity index is 368. The molecule has 6 heteroatoms. The molecule has 3 N–H and O–H groups in total. The van der Waals surface area contributed by atoms with Crippen molar-refractivity contribution in [2.45, 2.75) is 32.4 Å². The van der Waals surface area contributed by atoms with Gasteiger partial charge in [-0.05, 0) is 36.7 Å². The van der Waals surface area contributed by atoms with Crippen LogP contribution in [0.15, 0.2) is 10.7 Å². The van der Waals surface area contributed by atoms with E-state index in [-0.39, 0.29) is 0 Å². The second-order valence-electron chi connectivity index (χ2n) is 4.16. The first-order valence-corrected chi connectivity index (χ1v) is 5.82. The predicted molar refractivity (Wildman–Crippen MR) is 68.7 cm³/mol. The Hall–Kier alpha value is -0.880. The van der Waals surface area contributed by atoms with Gasteiger partial charge in [-0.15, -0.1) is 0 Å². The average Bonchev–Trinajstić information content (AvgIpc) is 2.21.